The van der Waals surface area contributed by atoms with Gasteiger partial charge in [-0.15, -0.1) is 0 Å². The molecule has 2 unspecified atom stereocenters. The molecule has 5 rings (SSSR count). The molecule has 3 heterocycles. The van der Waals surface area contributed by atoms with Gasteiger partial charge in [0.25, 0.3) is 11.8 Å². The molecule has 192 valence electrons. The lowest BCUT2D eigenvalue weighted by molar-refractivity contribution is -0.138. The highest BCUT2D eigenvalue weighted by atomic mass is 16.2. The van der Waals surface area contributed by atoms with Crippen molar-refractivity contribution >= 4 is 39.7 Å². The number of para-hydroxylation sites is 3. The Morgan fingerprint density at radius 3 is 2.38 bits per heavy atom. The van der Waals surface area contributed by atoms with Crippen LogP contribution in [0.5, 0.6) is 0 Å². The Labute approximate surface area is 215 Å². The van der Waals surface area contributed by atoms with Gasteiger partial charge in [-0.3, -0.25) is 14.4 Å². The molecule has 0 aliphatic carbocycles. The largest absolute Gasteiger partial charge is 0.351 e. The van der Waals surface area contributed by atoms with Gasteiger partial charge < -0.3 is 25.1 Å². The van der Waals surface area contributed by atoms with E-state index in [0.717, 1.165) is 21.9 Å². The van der Waals surface area contributed by atoms with Crippen molar-refractivity contribution in [3.05, 3.63) is 66.1 Å². The molecule has 0 bridgehead atoms. The maximum Gasteiger partial charge on any atom is 0.290 e. The first-order valence-electron chi connectivity index (χ1n) is 12.5. The highest BCUT2D eigenvalue weighted by Crippen LogP contribution is 2.24. The van der Waals surface area contributed by atoms with E-state index in [1.807, 2.05) is 76.2 Å². The summed E-state index contributed by atoms with van der Waals surface area (Å²) in [4.78, 5) is 54.1. The number of aromatic nitrogens is 3. The normalized spacial score (nSPS) is 17.2. The minimum atomic E-state index is -0.726. The number of benzene rings is 2. The third-order valence-electron chi connectivity index (χ3n) is 6.95. The topological polar surface area (TPSA) is 114 Å². The van der Waals surface area contributed by atoms with Crippen LogP contribution >= 0.6 is 0 Å². The third kappa shape index (κ3) is 4.81. The molecule has 37 heavy (non-hydrogen) atoms. The molecule has 2 atom stereocenters. The van der Waals surface area contributed by atoms with Gasteiger partial charge >= 0.3 is 0 Å². The molecule has 9 nitrogen and oxygen atoms in total. The molecule has 0 spiro atoms. The summed E-state index contributed by atoms with van der Waals surface area (Å²) >= 11 is 0. The molecule has 2 aromatic carbocycles. The Hall–Kier alpha value is -4.14. The van der Waals surface area contributed by atoms with Crippen molar-refractivity contribution in [2.45, 2.75) is 39.8 Å². The van der Waals surface area contributed by atoms with Crippen LogP contribution in [0.4, 0.5) is 0 Å². The van der Waals surface area contributed by atoms with Crippen molar-refractivity contribution < 1.29 is 14.4 Å². The molecule has 3 N–H and O–H groups in total. The molecule has 1 aliphatic rings. The summed E-state index contributed by atoms with van der Waals surface area (Å²) in [7, 11) is 0. The highest BCUT2D eigenvalue weighted by molar-refractivity contribution is 6.00. The summed E-state index contributed by atoms with van der Waals surface area (Å²) in [5.74, 6) is -0.364. The van der Waals surface area contributed by atoms with Gasteiger partial charge in [0.2, 0.25) is 5.91 Å². The third-order valence-corrected chi connectivity index (χ3v) is 6.95. The number of amides is 3. The molecule has 1 fully saturated rings. The second-order valence-electron chi connectivity index (χ2n) is 10.8. The monoisotopic (exact) mass is 500 g/mol. The van der Waals surface area contributed by atoms with Crippen LogP contribution in [0, 0.1) is 5.41 Å². The molecule has 2 aromatic heterocycles. The predicted molar refractivity (Wildman–Crippen MR) is 142 cm³/mol. The summed E-state index contributed by atoms with van der Waals surface area (Å²) in [5.41, 5.74) is 2.32. The maximum atomic E-state index is 13.7. The van der Waals surface area contributed by atoms with Gasteiger partial charge in [0.05, 0.1) is 11.0 Å². The fraction of sp³-hybridized carbons (Fsp3) is 0.357. The first kappa shape index (κ1) is 24.5. The number of H-pyrrole nitrogens is 2. The number of carbonyl (C=O) groups excluding carboxylic acids is 3. The van der Waals surface area contributed by atoms with Crippen molar-refractivity contribution in [2.24, 2.45) is 5.41 Å². The number of piperazine rings is 1. The number of rotatable bonds is 4. The smallest absolute Gasteiger partial charge is 0.290 e. The number of nitrogens with zero attached hydrogens (tertiary/aromatic N) is 3. The van der Waals surface area contributed by atoms with Crippen LogP contribution in [0.1, 0.15) is 48.8 Å². The summed E-state index contributed by atoms with van der Waals surface area (Å²) < 4.78 is 0. The number of hydrogen-bond donors (Lipinski definition) is 3. The van der Waals surface area contributed by atoms with Crippen molar-refractivity contribution in [1.29, 1.82) is 0 Å². The molecule has 9 heteroatoms. The minimum absolute atomic E-state index is 0.153. The summed E-state index contributed by atoms with van der Waals surface area (Å²) in [6, 6.07) is 16.0. The second kappa shape index (κ2) is 9.38. The number of aromatic amines is 2. The summed E-state index contributed by atoms with van der Waals surface area (Å²) in [5, 5.41) is 3.90. The zero-order chi connectivity index (χ0) is 26.3. The van der Waals surface area contributed by atoms with Crippen LogP contribution in [0.15, 0.2) is 54.6 Å². The van der Waals surface area contributed by atoms with E-state index in [-0.39, 0.29) is 23.8 Å². The summed E-state index contributed by atoms with van der Waals surface area (Å²) in [6.45, 7) is 8.87. The van der Waals surface area contributed by atoms with Crippen molar-refractivity contribution in [3.8, 4) is 0 Å². The quantitative estimate of drug-likeness (QED) is 0.397. The van der Waals surface area contributed by atoms with E-state index in [1.54, 1.807) is 15.9 Å². The first-order chi connectivity index (χ1) is 17.6. The van der Waals surface area contributed by atoms with E-state index >= 15 is 0 Å². The van der Waals surface area contributed by atoms with Gasteiger partial charge in [0.1, 0.15) is 11.7 Å². The van der Waals surface area contributed by atoms with Gasteiger partial charge in [-0.2, -0.15) is 0 Å². The summed E-state index contributed by atoms with van der Waals surface area (Å²) in [6.07, 6.45) is 0. The molecule has 4 aromatic rings. The average Bonchev–Trinajstić information content (AvgIpc) is 3.50. The fourth-order valence-corrected chi connectivity index (χ4v) is 4.89. The second-order valence-corrected chi connectivity index (χ2v) is 10.8. The number of imidazole rings is 1. The molecule has 0 saturated carbocycles. The lowest BCUT2D eigenvalue weighted by Crippen LogP contribution is -2.61. The lowest BCUT2D eigenvalue weighted by atomic mass is 9.85. The number of carbonyl (C=O) groups is 3. The molecular formula is C28H32N6O3. The zero-order valence-corrected chi connectivity index (χ0v) is 21.5. The minimum Gasteiger partial charge on any atom is -0.351 e. The van der Waals surface area contributed by atoms with E-state index in [2.05, 4.69) is 20.3 Å². The van der Waals surface area contributed by atoms with Crippen LogP contribution < -0.4 is 5.32 Å². The first-order valence-corrected chi connectivity index (χ1v) is 12.5. The van der Waals surface area contributed by atoms with Crippen LogP contribution in [0.2, 0.25) is 0 Å². The molecule has 1 saturated heterocycles. The van der Waals surface area contributed by atoms with E-state index in [1.165, 1.54) is 0 Å². The standard InChI is InChI=1S/C28H32N6O3/c1-17-16-33(13-14-34(17)27(37)24-30-20-11-7-8-12-21(20)31-24)26(36)23(28(2,3)4)32-25(35)22-15-18-9-5-6-10-19(18)29-22/h5-12,15,17,23,29H,13-14,16H2,1-4H3,(H,30,31)(H,32,35). The number of fused-ring (bicyclic) bond motifs is 2. The van der Waals surface area contributed by atoms with E-state index < -0.39 is 11.5 Å². The van der Waals surface area contributed by atoms with E-state index in [4.69, 9.17) is 0 Å². The van der Waals surface area contributed by atoms with Crippen LogP contribution in [-0.4, -0.2) is 74.2 Å². The van der Waals surface area contributed by atoms with Crippen molar-refractivity contribution in [3.63, 3.8) is 0 Å². The Morgan fingerprint density at radius 2 is 1.70 bits per heavy atom. The fourth-order valence-electron chi connectivity index (χ4n) is 4.89. The average molecular weight is 501 g/mol. The highest BCUT2D eigenvalue weighted by Gasteiger charge is 2.39. The van der Waals surface area contributed by atoms with E-state index in [0.29, 0.717) is 31.2 Å². The Kier molecular flexibility index (Phi) is 6.23. The SMILES string of the molecule is CC1CN(C(=O)C(NC(=O)c2cc3ccccc3[nH]2)C(C)(C)C)CCN1C(=O)c1nc2ccccc2[nH]1. The number of nitrogens with one attached hydrogen (secondary N) is 3. The van der Waals surface area contributed by atoms with Gasteiger partial charge in [-0.05, 0) is 36.6 Å². The van der Waals surface area contributed by atoms with Crippen molar-refractivity contribution in [1.82, 2.24) is 30.1 Å². The molecule has 0 radical (unpaired) electrons. The Morgan fingerprint density at radius 1 is 1.00 bits per heavy atom. The van der Waals surface area contributed by atoms with Crippen molar-refractivity contribution in [2.75, 3.05) is 19.6 Å². The van der Waals surface area contributed by atoms with Crippen LogP contribution in [-0.2, 0) is 4.79 Å². The number of hydrogen-bond acceptors (Lipinski definition) is 4. The molecule has 3 amide bonds. The molecular weight excluding hydrogens is 468 g/mol. The Balaban J connectivity index is 1.28. The Bertz CT molecular complexity index is 1410. The van der Waals surface area contributed by atoms with Gasteiger partial charge in [-0.1, -0.05) is 51.1 Å². The van der Waals surface area contributed by atoms with Crippen LogP contribution in [0.3, 0.4) is 0 Å². The lowest BCUT2D eigenvalue weighted by Gasteiger charge is -2.42. The van der Waals surface area contributed by atoms with Gasteiger partial charge in [-0.25, -0.2) is 4.98 Å². The predicted octanol–water partition coefficient (Wildman–Crippen LogP) is 3.56. The zero-order valence-electron chi connectivity index (χ0n) is 21.5. The maximum absolute atomic E-state index is 13.7. The van der Waals surface area contributed by atoms with Crippen LogP contribution in [0.25, 0.3) is 21.9 Å². The van der Waals surface area contributed by atoms with E-state index in [9.17, 15) is 14.4 Å². The van der Waals surface area contributed by atoms with Gasteiger partial charge in [0.15, 0.2) is 5.82 Å². The van der Waals surface area contributed by atoms with Gasteiger partial charge in [0, 0.05) is 36.6 Å². The molecule has 1 aliphatic heterocycles.